The molecule has 1 heterocycles. The van der Waals surface area contributed by atoms with Crippen molar-refractivity contribution >= 4 is 27.7 Å². The number of hydrazine groups is 1. The Balaban J connectivity index is 1.71. The number of rotatable bonds is 5. The number of carbonyl (C=O) groups excluding carboxylic acids is 2. The zero-order valence-corrected chi connectivity index (χ0v) is 12.7. The molecule has 0 radical (unpaired) electrons. The SMILES string of the molecule is O=C(CCCn1cncn1)NNC(=O)c1ccccc1Br. The fraction of sp³-hybridized carbons (Fsp3) is 0.231. The van der Waals surface area contributed by atoms with Gasteiger partial charge in [0.05, 0.1) is 5.56 Å². The van der Waals surface area contributed by atoms with Crippen LogP contribution in [-0.2, 0) is 11.3 Å². The predicted octanol–water partition coefficient (Wildman–Crippen LogP) is 1.28. The van der Waals surface area contributed by atoms with E-state index < -0.39 is 0 Å². The molecule has 110 valence electrons. The van der Waals surface area contributed by atoms with E-state index in [1.54, 1.807) is 29.2 Å². The summed E-state index contributed by atoms with van der Waals surface area (Å²) in [4.78, 5) is 27.3. The molecular weight excluding hydrogens is 338 g/mol. The molecule has 7 nitrogen and oxygen atoms in total. The zero-order chi connectivity index (χ0) is 15.1. The lowest BCUT2D eigenvalue weighted by atomic mass is 10.2. The molecule has 1 aromatic carbocycles. The Bertz CT molecular complexity index is 615. The summed E-state index contributed by atoms with van der Waals surface area (Å²) in [6, 6.07) is 6.98. The Morgan fingerprint density at radius 2 is 2.05 bits per heavy atom. The molecule has 0 aliphatic rings. The first kappa shape index (κ1) is 15.2. The van der Waals surface area contributed by atoms with Gasteiger partial charge in [-0.05, 0) is 34.5 Å². The van der Waals surface area contributed by atoms with Gasteiger partial charge in [-0.3, -0.25) is 25.1 Å². The number of nitrogens with zero attached hydrogens (tertiary/aromatic N) is 3. The minimum absolute atomic E-state index is 0.254. The molecule has 8 heteroatoms. The van der Waals surface area contributed by atoms with Gasteiger partial charge in [0, 0.05) is 17.4 Å². The number of carbonyl (C=O) groups is 2. The summed E-state index contributed by atoms with van der Waals surface area (Å²) in [6.07, 6.45) is 3.93. The van der Waals surface area contributed by atoms with E-state index in [-0.39, 0.29) is 18.2 Å². The van der Waals surface area contributed by atoms with Crippen molar-refractivity contribution in [3.05, 3.63) is 47.0 Å². The average molecular weight is 352 g/mol. The number of benzene rings is 1. The van der Waals surface area contributed by atoms with Gasteiger partial charge in [-0.25, -0.2) is 4.98 Å². The van der Waals surface area contributed by atoms with Crippen LogP contribution in [-0.4, -0.2) is 26.6 Å². The molecular formula is C13H14BrN5O2. The van der Waals surface area contributed by atoms with E-state index >= 15 is 0 Å². The Morgan fingerprint density at radius 3 is 2.76 bits per heavy atom. The first-order valence-electron chi connectivity index (χ1n) is 6.33. The molecule has 2 rings (SSSR count). The number of hydrogen-bond acceptors (Lipinski definition) is 4. The van der Waals surface area contributed by atoms with Crippen LogP contribution in [0.25, 0.3) is 0 Å². The van der Waals surface area contributed by atoms with Crippen LogP contribution in [0.3, 0.4) is 0 Å². The van der Waals surface area contributed by atoms with Crippen molar-refractivity contribution in [1.82, 2.24) is 25.6 Å². The van der Waals surface area contributed by atoms with Crippen LogP contribution in [0.4, 0.5) is 0 Å². The highest BCUT2D eigenvalue weighted by molar-refractivity contribution is 9.10. The molecule has 0 bridgehead atoms. The molecule has 2 N–H and O–H groups in total. The van der Waals surface area contributed by atoms with E-state index in [2.05, 4.69) is 36.9 Å². The van der Waals surface area contributed by atoms with E-state index in [4.69, 9.17) is 0 Å². The van der Waals surface area contributed by atoms with Gasteiger partial charge >= 0.3 is 0 Å². The molecule has 0 fully saturated rings. The van der Waals surface area contributed by atoms with Gasteiger partial charge in [0.1, 0.15) is 12.7 Å². The number of aryl methyl sites for hydroxylation is 1. The van der Waals surface area contributed by atoms with Crippen molar-refractivity contribution in [3.8, 4) is 0 Å². The summed E-state index contributed by atoms with van der Waals surface area (Å²) >= 11 is 3.28. The van der Waals surface area contributed by atoms with E-state index in [1.807, 2.05) is 6.07 Å². The molecule has 2 amide bonds. The Labute approximate surface area is 129 Å². The van der Waals surface area contributed by atoms with Crippen LogP contribution in [0.5, 0.6) is 0 Å². The Morgan fingerprint density at radius 1 is 1.24 bits per heavy atom. The molecule has 0 atom stereocenters. The van der Waals surface area contributed by atoms with Crippen molar-refractivity contribution < 1.29 is 9.59 Å². The molecule has 0 saturated heterocycles. The second-order valence-electron chi connectivity index (χ2n) is 4.24. The van der Waals surface area contributed by atoms with Gasteiger partial charge in [0.2, 0.25) is 5.91 Å². The predicted molar refractivity (Wildman–Crippen MR) is 79.0 cm³/mol. The topological polar surface area (TPSA) is 88.9 Å². The second kappa shape index (κ2) is 7.53. The quantitative estimate of drug-likeness (QED) is 0.794. The maximum Gasteiger partial charge on any atom is 0.270 e. The molecule has 21 heavy (non-hydrogen) atoms. The molecule has 0 spiro atoms. The number of aromatic nitrogens is 3. The highest BCUT2D eigenvalue weighted by Crippen LogP contribution is 2.15. The minimum atomic E-state index is -0.368. The van der Waals surface area contributed by atoms with Crippen molar-refractivity contribution in [3.63, 3.8) is 0 Å². The van der Waals surface area contributed by atoms with Crippen molar-refractivity contribution in [1.29, 1.82) is 0 Å². The smallest absolute Gasteiger partial charge is 0.270 e. The largest absolute Gasteiger partial charge is 0.273 e. The van der Waals surface area contributed by atoms with Gasteiger partial charge in [-0.15, -0.1) is 0 Å². The third-order valence-corrected chi connectivity index (χ3v) is 3.38. The van der Waals surface area contributed by atoms with Crippen LogP contribution in [0.2, 0.25) is 0 Å². The van der Waals surface area contributed by atoms with E-state index in [9.17, 15) is 9.59 Å². The van der Waals surface area contributed by atoms with Crippen molar-refractivity contribution in [2.75, 3.05) is 0 Å². The highest BCUT2D eigenvalue weighted by Gasteiger charge is 2.10. The highest BCUT2D eigenvalue weighted by atomic mass is 79.9. The lowest BCUT2D eigenvalue weighted by Gasteiger charge is -2.08. The monoisotopic (exact) mass is 351 g/mol. The fourth-order valence-corrected chi connectivity index (χ4v) is 2.12. The number of nitrogens with one attached hydrogen (secondary N) is 2. The normalized spacial score (nSPS) is 10.1. The van der Waals surface area contributed by atoms with Crippen molar-refractivity contribution in [2.24, 2.45) is 0 Å². The minimum Gasteiger partial charge on any atom is -0.273 e. The summed E-state index contributed by atoms with van der Waals surface area (Å²) in [7, 11) is 0. The van der Waals surface area contributed by atoms with Gasteiger partial charge < -0.3 is 0 Å². The molecule has 0 unspecified atom stereocenters. The van der Waals surface area contributed by atoms with Crippen LogP contribution in [0.15, 0.2) is 41.4 Å². The van der Waals surface area contributed by atoms with Gasteiger partial charge in [-0.2, -0.15) is 5.10 Å². The summed E-state index contributed by atoms with van der Waals surface area (Å²) in [5.41, 5.74) is 5.22. The van der Waals surface area contributed by atoms with Crippen molar-refractivity contribution in [2.45, 2.75) is 19.4 Å². The lowest BCUT2D eigenvalue weighted by Crippen LogP contribution is -2.41. The van der Waals surface area contributed by atoms with Gasteiger partial charge in [0.15, 0.2) is 0 Å². The maximum atomic E-state index is 11.9. The fourth-order valence-electron chi connectivity index (χ4n) is 1.65. The van der Waals surface area contributed by atoms with E-state index in [0.717, 1.165) is 0 Å². The van der Waals surface area contributed by atoms with Gasteiger partial charge in [-0.1, -0.05) is 12.1 Å². The van der Waals surface area contributed by atoms with E-state index in [0.29, 0.717) is 23.0 Å². The maximum absolute atomic E-state index is 11.9. The third-order valence-electron chi connectivity index (χ3n) is 2.69. The summed E-state index contributed by atoms with van der Waals surface area (Å²) in [6.45, 7) is 0.603. The first-order chi connectivity index (χ1) is 10.2. The molecule has 2 aromatic rings. The Kier molecular flexibility index (Phi) is 5.44. The Hall–Kier alpha value is -2.22. The lowest BCUT2D eigenvalue weighted by molar-refractivity contribution is -0.122. The summed E-state index contributed by atoms with van der Waals surface area (Å²) < 4.78 is 2.32. The molecule has 0 aliphatic heterocycles. The number of amides is 2. The van der Waals surface area contributed by atoms with Crippen LogP contribution in [0, 0.1) is 0 Å². The van der Waals surface area contributed by atoms with Gasteiger partial charge in [0.25, 0.3) is 5.91 Å². The second-order valence-corrected chi connectivity index (χ2v) is 5.10. The van der Waals surface area contributed by atoms with Crippen LogP contribution >= 0.6 is 15.9 Å². The first-order valence-corrected chi connectivity index (χ1v) is 7.12. The number of halogens is 1. The van der Waals surface area contributed by atoms with E-state index in [1.165, 1.54) is 6.33 Å². The zero-order valence-electron chi connectivity index (χ0n) is 11.1. The third kappa shape index (κ3) is 4.67. The summed E-state index contributed by atoms with van der Waals surface area (Å²) in [5.74, 6) is -0.623. The molecule has 0 aliphatic carbocycles. The standard InChI is InChI=1S/C13H14BrN5O2/c14-11-5-2-1-4-10(11)13(21)18-17-12(20)6-3-7-19-9-15-8-16-19/h1-2,4-5,8-9H,3,6-7H2,(H,17,20)(H,18,21). The summed E-state index contributed by atoms with van der Waals surface area (Å²) in [5, 5.41) is 3.94. The molecule has 0 saturated carbocycles. The number of hydrogen-bond donors (Lipinski definition) is 2. The molecule has 1 aromatic heterocycles. The van der Waals surface area contributed by atoms with Crippen LogP contribution < -0.4 is 10.9 Å². The average Bonchev–Trinajstić information content (AvgIpc) is 2.98. The van der Waals surface area contributed by atoms with Crippen LogP contribution in [0.1, 0.15) is 23.2 Å².